The summed E-state index contributed by atoms with van der Waals surface area (Å²) in [6.07, 6.45) is 1.11. The molecule has 1 aromatic carbocycles. The van der Waals surface area contributed by atoms with Gasteiger partial charge in [0, 0.05) is 6.61 Å². The lowest BCUT2D eigenvalue weighted by Gasteiger charge is -1.99. The van der Waals surface area contributed by atoms with Crippen LogP contribution in [0.5, 0.6) is 0 Å². The van der Waals surface area contributed by atoms with E-state index in [1.165, 1.54) is 0 Å². The first-order valence-electron chi connectivity index (χ1n) is 3.92. The summed E-state index contributed by atoms with van der Waals surface area (Å²) in [5.74, 6) is 0. The summed E-state index contributed by atoms with van der Waals surface area (Å²) in [5, 5.41) is 17.1. The topological polar surface area (TPSA) is 44.0 Å². The first-order valence-corrected chi connectivity index (χ1v) is 3.92. The van der Waals surface area contributed by atoms with Gasteiger partial charge in [-0.1, -0.05) is 24.3 Å². The van der Waals surface area contributed by atoms with Crippen LogP contribution < -0.4 is 0 Å². The van der Waals surface area contributed by atoms with Gasteiger partial charge in [-0.2, -0.15) is 5.26 Å². The second kappa shape index (κ2) is 4.53. The van der Waals surface area contributed by atoms with Gasteiger partial charge in [-0.3, -0.25) is 0 Å². The lowest BCUT2D eigenvalue weighted by Crippen LogP contribution is -1.91. The fraction of sp³-hybridized carbons (Fsp3) is 0.300. The Morgan fingerprint density at radius 3 is 2.75 bits per heavy atom. The zero-order valence-corrected chi connectivity index (χ0v) is 6.83. The molecule has 0 aliphatic heterocycles. The molecule has 0 fully saturated rings. The molecule has 0 aliphatic carbocycles. The van der Waals surface area contributed by atoms with Crippen molar-refractivity contribution in [1.29, 1.82) is 5.26 Å². The van der Waals surface area contributed by atoms with Crippen molar-refractivity contribution in [3.05, 3.63) is 35.4 Å². The highest BCUT2D eigenvalue weighted by Crippen LogP contribution is 2.05. The van der Waals surface area contributed by atoms with E-state index in [0.29, 0.717) is 12.8 Å². The Labute approximate surface area is 72.1 Å². The molecule has 0 radical (unpaired) electrons. The highest BCUT2D eigenvalue weighted by Gasteiger charge is 1.94. The number of hydrogen-bond acceptors (Lipinski definition) is 2. The molecule has 0 spiro atoms. The Kier molecular flexibility index (Phi) is 3.31. The zero-order valence-electron chi connectivity index (χ0n) is 6.83. The Morgan fingerprint density at radius 2 is 2.08 bits per heavy atom. The minimum absolute atomic E-state index is 0.163. The molecule has 0 saturated heterocycles. The first-order chi connectivity index (χ1) is 5.86. The number of aliphatic hydroxyl groups excluding tert-OH is 1. The van der Waals surface area contributed by atoms with Gasteiger partial charge in [0.25, 0.3) is 0 Å². The molecule has 0 aromatic heterocycles. The summed E-state index contributed by atoms with van der Waals surface area (Å²) < 4.78 is 0. The van der Waals surface area contributed by atoms with Crippen molar-refractivity contribution in [2.24, 2.45) is 0 Å². The number of nitrogens with zero attached hydrogens (tertiary/aromatic N) is 1. The molecular weight excluding hydrogens is 150 g/mol. The second-order valence-corrected chi connectivity index (χ2v) is 2.63. The van der Waals surface area contributed by atoms with Crippen LogP contribution in [0.3, 0.4) is 0 Å². The fourth-order valence-corrected chi connectivity index (χ4v) is 1.12. The Balaban J connectivity index is 2.75. The quantitative estimate of drug-likeness (QED) is 0.725. The molecular formula is C10H11NO. The van der Waals surface area contributed by atoms with Crippen LogP contribution in [0.15, 0.2) is 24.3 Å². The minimum atomic E-state index is 0.163. The van der Waals surface area contributed by atoms with E-state index in [4.69, 9.17) is 10.4 Å². The molecule has 0 heterocycles. The zero-order chi connectivity index (χ0) is 8.81. The van der Waals surface area contributed by atoms with E-state index in [2.05, 4.69) is 6.07 Å². The normalized spacial score (nSPS) is 9.33. The van der Waals surface area contributed by atoms with Gasteiger partial charge >= 0.3 is 0 Å². The molecule has 0 bridgehead atoms. The van der Waals surface area contributed by atoms with Gasteiger partial charge in [-0.05, 0) is 17.5 Å². The Hall–Kier alpha value is -1.33. The van der Waals surface area contributed by atoms with Crippen LogP contribution in [-0.2, 0) is 12.8 Å². The lowest BCUT2D eigenvalue weighted by molar-refractivity contribution is 0.299. The van der Waals surface area contributed by atoms with Gasteiger partial charge in [0.2, 0.25) is 0 Å². The third-order valence-corrected chi connectivity index (χ3v) is 1.68. The van der Waals surface area contributed by atoms with Crippen molar-refractivity contribution in [1.82, 2.24) is 0 Å². The van der Waals surface area contributed by atoms with Gasteiger partial charge in [0.1, 0.15) is 0 Å². The van der Waals surface area contributed by atoms with E-state index < -0.39 is 0 Å². The molecule has 1 N–H and O–H groups in total. The van der Waals surface area contributed by atoms with Crippen molar-refractivity contribution >= 4 is 0 Å². The monoisotopic (exact) mass is 161 g/mol. The highest BCUT2D eigenvalue weighted by atomic mass is 16.2. The van der Waals surface area contributed by atoms with E-state index in [1.54, 1.807) is 0 Å². The molecule has 1 aromatic rings. The number of nitriles is 1. The van der Waals surface area contributed by atoms with E-state index in [1.807, 2.05) is 24.3 Å². The number of benzene rings is 1. The average Bonchev–Trinajstić information content (AvgIpc) is 2.06. The third-order valence-electron chi connectivity index (χ3n) is 1.68. The smallest absolute Gasteiger partial charge is 0.0669 e. The molecule has 2 nitrogen and oxygen atoms in total. The van der Waals surface area contributed by atoms with Crippen LogP contribution in [0.2, 0.25) is 0 Å². The van der Waals surface area contributed by atoms with E-state index in [9.17, 15) is 0 Å². The molecule has 12 heavy (non-hydrogen) atoms. The van der Waals surface area contributed by atoms with E-state index in [0.717, 1.165) is 11.1 Å². The van der Waals surface area contributed by atoms with Gasteiger partial charge < -0.3 is 5.11 Å². The Bertz CT molecular complexity index is 288. The first kappa shape index (κ1) is 8.76. The standard InChI is InChI=1S/C10H11NO/c11-6-4-9-2-1-3-10(8-9)5-7-12/h1-3,8,12H,4-5,7H2. The molecule has 0 saturated carbocycles. The van der Waals surface area contributed by atoms with Gasteiger partial charge in [0.05, 0.1) is 12.5 Å². The highest BCUT2D eigenvalue weighted by molar-refractivity contribution is 5.25. The second-order valence-electron chi connectivity index (χ2n) is 2.63. The molecule has 0 atom stereocenters. The van der Waals surface area contributed by atoms with Crippen LogP contribution in [0.25, 0.3) is 0 Å². The van der Waals surface area contributed by atoms with Crippen molar-refractivity contribution in [3.8, 4) is 6.07 Å². The van der Waals surface area contributed by atoms with Gasteiger partial charge in [-0.15, -0.1) is 0 Å². The van der Waals surface area contributed by atoms with Crippen LogP contribution in [0, 0.1) is 11.3 Å². The summed E-state index contributed by atoms with van der Waals surface area (Å²) in [7, 11) is 0. The predicted octanol–water partition coefficient (Wildman–Crippen LogP) is 1.29. The maximum absolute atomic E-state index is 8.68. The van der Waals surface area contributed by atoms with Crippen molar-refractivity contribution in [2.75, 3.05) is 6.61 Å². The maximum atomic E-state index is 8.68. The summed E-state index contributed by atoms with van der Waals surface area (Å²) >= 11 is 0. The Morgan fingerprint density at radius 1 is 1.33 bits per heavy atom. The number of rotatable bonds is 3. The van der Waals surface area contributed by atoms with Crippen LogP contribution in [-0.4, -0.2) is 11.7 Å². The minimum Gasteiger partial charge on any atom is -0.396 e. The van der Waals surface area contributed by atoms with Crippen molar-refractivity contribution in [2.45, 2.75) is 12.8 Å². The van der Waals surface area contributed by atoms with E-state index in [-0.39, 0.29) is 6.61 Å². The summed E-state index contributed by atoms with van der Waals surface area (Å²) in [6.45, 7) is 0.163. The SMILES string of the molecule is N#CCc1cccc(CCO)c1. The summed E-state index contributed by atoms with van der Waals surface area (Å²) in [5.41, 5.74) is 2.11. The number of aliphatic hydroxyl groups is 1. The molecule has 0 amide bonds. The average molecular weight is 161 g/mol. The molecule has 62 valence electrons. The van der Waals surface area contributed by atoms with Crippen LogP contribution >= 0.6 is 0 Å². The van der Waals surface area contributed by atoms with Gasteiger partial charge in [0.15, 0.2) is 0 Å². The number of hydrogen-bond donors (Lipinski definition) is 1. The molecule has 1 rings (SSSR count). The molecule has 0 aliphatic rings. The summed E-state index contributed by atoms with van der Waals surface area (Å²) in [4.78, 5) is 0. The molecule has 2 heteroatoms. The maximum Gasteiger partial charge on any atom is 0.0669 e. The van der Waals surface area contributed by atoms with Crippen LogP contribution in [0.1, 0.15) is 11.1 Å². The fourth-order valence-electron chi connectivity index (χ4n) is 1.12. The van der Waals surface area contributed by atoms with Crippen molar-refractivity contribution in [3.63, 3.8) is 0 Å². The third kappa shape index (κ3) is 2.37. The van der Waals surface area contributed by atoms with Crippen molar-refractivity contribution < 1.29 is 5.11 Å². The summed E-state index contributed by atoms with van der Waals surface area (Å²) in [6, 6.07) is 9.84. The largest absolute Gasteiger partial charge is 0.396 e. The molecule has 0 unspecified atom stereocenters. The predicted molar refractivity (Wildman–Crippen MR) is 46.5 cm³/mol. The lowest BCUT2D eigenvalue weighted by atomic mass is 10.1. The van der Waals surface area contributed by atoms with Crippen LogP contribution in [0.4, 0.5) is 0 Å². The van der Waals surface area contributed by atoms with Gasteiger partial charge in [-0.25, -0.2) is 0 Å². The van der Waals surface area contributed by atoms with E-state index >= 15 is 0 Å².